The van der Waals surface area contributed by atoms with Crippen molar-refractivity contribution in [3.8, 4) is 0 Å². The highest BCUT2D eigenvalue weighted by molar-refractivity contribution is 5.28. The van der Waals surface area contributed by atoms with E-state index in [1.54, 1.807) is 0 Å². The molecule has 156 valence electrons. The lowest BCUT2D eigenvalue weighted by atomic mass is 9.76. The molecular formula is C25H35F3. The predicted molar refractivity (Wildman–Crippen MR) is 111 cm³/mol. The van der Waals surface area contributed by atoms with Gasteiger partial charge >= 0.3 is 6.18 Å². The molecule has 2 fully saturated rings. The van der Waals surface area contributed by atoms with Gasteiger partial charge in [0.25, 0.3) is 0 Å². The van der Waals surface area contributed by atoms with Crippen LogP contribution in [0, 0.1) is 11.8 Å². The average Bonchev–Trinajstić information content (AvgIpc) is 2.71. The van der Waals surface area contributed by atoms with E-state index in [1.807, 2.05) is 0 Å². The molecule has 0 aromatic heterocycles. The zero-order valence-electron chi connectivity index (χ0n) is 17.2. The molecule has 0 nitrogen and oxygen atoms in total. The van der Waals surface area contributed by atoms with Crippen LogP contribution in [0.4, 0.5) is 13.2 Å². The molecule has 2 saturated carbocycles. The molecule has 0 radical (unpaired) electrons. The zero-order chi connectivity index (χ0) is 20.0. The third-order valence-electron chi connectivity index (χ3n) is 7.02. The average molecular weight is 393 g/mol. The summed E-state index contributed by atoms with van der Waals surface area (Å²) in [5, 5.41) is 0. The number of unbranched alkanes of at least 4 members (excludes halogenated alkanes) is 1. The van der Waals surface area contributed by atoms with Gasteiger partial charge in [0.05, 0.1) is 0 Å². The van der Waals surface area contributed by atoms with E-state index in [4.69, 9.17) is 0 Å². The molecule has 0 N–H and O–H groups in total. The third-order valence-corrected chi connectivity index (χ3v) is 7.02. The van der Waals surface area contributed by atoms with Crippen LogP contribution in [0.25, 0.3) is 0 Å². The largest absolute Gasteiger partial charge is 0.409 e. The summed E-state index contributed by atoms with van der Waals surface area (Å²) >= 11 is 0. The first-order valence-corrected chi connectivity index (χ1v) is 11.3. The van der Waals surface area contributed by atoms with Gasteiger partial charge < -0.3 is 0 Å². The highest BCUT2D eigenvalue weighted by atomic mass is 19.4. The van der Waals surface area contributed by atoms with Crippen molar-refractivity contribution in [1.29, 1.82) is 0 Å². The van der Waals surface area contributed by atoms with Crippen LogP contribution in [-0.2, 0) is 0 Å². The van der Waals surface area contributed by atoms with Crippen molar-refractivity contribution < 1.29 is 13.2 Å². The third kappa shape index (κ3) is 6.39. The Morgan fingerprint density at radius 1 is 0.821 bits per heavy atom. The van der Waals surface area contributed by atoms with Crippen molar-refractivity contribution in [2.24, 2.45) is 11.8 Å². The van der Waals surface area contributed by atoms with Gasteiger partial charge in [-0.3, -0.25) is 0 Å². The fraction of sp³-hybridized carbons (Fsp3) is 0.680. The summed E-state index contributed by atoms with van der Waals surface area (Å²) in [5.74, 6) is 2.25. The molecule has 0 saturated heterocycles. The van der Waals surface area contributed by atoms with Gasteiger partial charge in [-0.15, -0.1) is 0 Å². The Hall–Kier alpha value is -1.25. The Balaban J connectivity index is 1.47. The molecule has 0 atom stereocenters. The van der Waals surface area contributed by atoms with Gasteiger partial charge in [0.1, 0.15) is 0 Å². The van der Waals surface area contributed by atoms with Gasteiger partial charge in [-0.1, -0.05) is 56.5 Å². The van der Waals surface area contributed by atoms with Gasteiger partial charge in [-0.2, -0.15) is 13.2 Å². The molecule has 0 bridgehead atoms. The van der Waals surface area contributed by atoms with Crippen LogP contribution < -0.4 is 0 Å². The van der Waals surface area contributed by atoms with E-state index in [-0.39, 0.29) is 5.92 Å². The minimum atomic E-state index is -4.18. The van der Waals surface area contributed by atoms with Crippen LogP contribution in [0.3, 0.4) is 0 Å². The fourth-order valence-corrected chi connectivity index (χ4v) is 5.21. The number of hydrogen-bond acceptors (Lipinski definition) is 0. The lowest BCUT2D eigenvalue weighted by Gasteiger charge is -2.30. The van der Waals surface area contributed by atoms with Crippen molar-refractivity contribution >= 4 is 0 Å². The van der Waals surface area contributed by atoms with E-state index in [0.717, 1.165) is 37.5 Å². The summed E-state index contributed by atoms with van der Waals surface area (Å²) in [4.78, 5) is 0. The summed E-state index contributed by atoms with van der Waals surface area (Å²) in [6, 6.07) is 9.22. The van der Waals surface area contributed by atoms with Crippen LogP contribution in [0.5, 0.6) is 0 Å². The summed E-state index contributed by atoms with van der Waals surface area (Å²) < 4.78 is 37.0. The molecule has 1 aromatic carbocycles. The van der Waals surface area contributed by atoms with E-state index < -0.39 is 6.18 Å². The molecule has 0 amide bonds. The van der Waals surface area contributed by atoms with Gasteiger partial charge in [0.2, 0.25) is 0 Å². The Morgan fingerprint density at radius 3 is 1.79 bits per heavy atom. The maximum absolute atomic E-state index is 12.3. The normalized spacial score (nSPS) is 29.3. The molecule has 0 unspecified atom stereocenters. The second-order valence-corrected chi connectivity index (χ2v) is 9.04. The monoisotopic (exact) mass is 392 g/mol. The van der Waals surface area contributed by atoms with Crippen LogP contribution in [0.1, 0.15) is 101 Å². The highest BCUT2D eigenvalue weighted by Gasteiger charge is 2.26. The molecule has 1 aromatic rings. The van der Waals surface area contributed by atoms with Crippen LogP contribution in [0.2, 0.25) is 0 Å². The Morgan fingerprint density at radius 2 is 1.32 bits per heavy atom. The van der Waals surface area contributed by atoms with E-state index in [0.29, 0.717) is 12.0 Å². The highest BCUT2D eigenvalue weighted by Crippen LogP contribution is 2.40. The molecule has 0 aliphatic heterocycles. The summed E-state index contributed by atoms with van der Waals surface area (Å²) in [5.41, 5.74) is 2.86. The van der Waals surface area contributed by atoms with Gasteiger partial charge in [0, 0.05) is 6.08 Å². The number of benzene rings is 1. The van der Waals surface area contributed by atoms with E-state index >= 15 is 0 Å². The summed E-state index contributed by atoms with van der Waals surface area (Å²) in [7, 11) is 0. The fourth-order valence-electron chi connectivity index (χ4n) is 5.21. The first-order chi connectivity index (χ1) is 13.4. The second-order valence-electron chi connectivity index (χ2n) is 9.04. The lowest BCUT2D eigenvalue weighted by Crippen LogP contribution is -2.14. The van der Waals surface area contributed by atoms with Crippen molar-refractivity contribution in [3.63, 3.8) is 0 Å². The second kappa shape index (κ2) is 9.98. The number of halogens is 3. The predicted octanol–water partition coefficient (Wildman–Crippen LogP) is 8.54. The standard InChI is InChI=1S/C25H35F3/c1-2-3-4-19-5-9-21(10-6-19)23-13-15-24(16-14-23)22-11-7-20(8-12-22)17-18-25(26,27)28/h13-22H,2-12H2,1H3/b18-17+/t19-,20-,21-,22-. The Labute approximate surface area is 168 Å². The van der Waals surface area contributed by atoms with Crippen molar-refractivity contribution in [2.45, 2.75) is 95.6 Å². The number of allylic oxidation sites excluding steroid dienone is 2. The minimum absolute atomic E-state index is 0.0834. The number of alkyl halides is 3. The van der Waals surface area contributed by atoms with Gasteiger partial charge in [-0.05, 0) is 86.2 Å². The molecule has 0 spiro atoms. The SMILES string of the molecule is CCCC[C@H]1CC[C@H](c2ccc([C@H]3CC[C@H](/C=C/C(F)(F)F)CC3)cc2)CC1. The topological polar surface area (TPSA) is 0 Å². The quantitative estimate of drug-likeness (QED) is 0.425. The number of rotatable bonds is 6. The molecule has 0 heterocycles. The van der Waals surface area contributed by atoms with Crippen LogP contribution in [0.15, 0.2) is 36.4 Å². The first-order valence-electron chi connectivity index (χ1n) is 11.3. The van der Waals surface area contributed by atoms with Crippen LogP contribution in [-0.4, -0.2) is 6.18 Å². The van der Waals surface area contributed by atoms with E-state index in [9.17, 15) is 13.2 Å². The Bertz CT molecular complexity index is 598. The summed E-state index contributed by atoms with van der Waals surface area (Å²) in [6.07, 6.45) is 10.8. The molecule has 2 aliphatic carbocycles. The molecule has 3 rings (SSSR count). The van der Waals surface area contributed by atoms with Gasteiger partial charge in [0.15, 0.2) is 0 Å². The smallest absolute Gasteiger partial charge is 0.167 e. The van der Waals surface area contributed by atoms with Crippen molar-refractivity contribution in [3.05, 3.63) is 47.5 Å². The lowest BCUT2D eigenvalue weighted by molar-refractivity contribution is -0.0803. The minimum Gasteiger partial charge on any atom is -0.167 e. The molecule has 2 aliphatic rings. The van der Waals surface area contributed by atoms with Crippen molar-refractivity contribution in [2.75, 3.05) is 0 Å². The maximum atomic E-state index is 12.3. The molecule has 28 heavy (non-hydrogen) atoms. The maximum Gasteiger partial charge on any atom is 0.409 e. The number of hydrogen-bond donors (Lipinski definition) is 0. The van der Waals surface area contributed by atoms with E-state index in [2.05, 4.69) is 31.2 Å². The Kier molecular flexibility index (Phi) is 7.65. The summed E-state index contributed by atoms with van der Waals surface area (Å²) in [6.45, 7) is 2.28. The van der Waals surface area contributed by atoms with Crippen molar-refractivity contribution in [1.82, 2.24) is 0 Å². The first kappa shape index (κ1) is 21.5. The van der Waals surface area contributed by atoms with Gasteiger partial charge in [-0.25, -0.2) is 0 Å². The zero-order valence-corrected chi connectivity index (χ0v) is 17.2. The van der Waals surface area contributed by atoms with E-state index in [1.165, 1.54) is 62.1 Å². The molecular weight excluding hydrogens is 357 g/mol. The van der Waals surface area contributed by atoms with Crippen LogP contribution >= 0.6 is 0 Å². The molecule has 3 heteroatoms.